The highest BCUT2D eigenvalue weighted by Crippen LogP contribution is 2.31. The van der Waals surface area contributed by atoms with Gasteiger partial charge in [0.1, 0.15) is 0 Å². The second-order valence-electron chi connectivity index (χ2n) is 6.83. The maximum atomic E-state index is 13.4. The van der Waals surface area contributed by atoms with Gasteiger partial charge in [-0.05, 0) is 30.8 Å². The van der Waals surface area contributed by atoms with Gasteiger partial charge in [-0.2, -0.15) is 4.31 Å². The molecule has 1 aliphatic heterocycles. The van der Waals surface area contributed by atoms with Crippen LogP contribution in [0.25, 0.3) is 0 Å². The van der Waals surface area contributed by atoms with Crippen molar-refractivity contribution < 1.29 is 13.2 Å². The molecule has 1 N–H and O–H groups in total. The fraction of sp³-hybridized carbons (Fsp3) is 0.286. The smallest absolute Gasteiger partial charge is 0.251 e. The van der Waals surface area contributed by atoms with E-state index in [0.29, 0.717) is 31.7 Å². The van der Waals surface area contributed by atoms with E-state index in [9.17, 15) is 13.2 Å². The highest BCUT2D eigenvalue weighted by molar-refractivity contribution is 7.89. The number of benzene rings is 2. The lowest BCUT2D eigenvalue weighted by atomic mass is 10.1. The summed E-state index contributed by atoms with van der Waals surface area (Å²) >= 11 is 0. The molecule has 7 heteroatoms. The first-order valence-electron chi connectivity index (χ1n) is 9.18. The molecule has 2 aromatic rings. The van der Waals surface area contributed by atoms with Crippen LogP contribution in [0.4, 0.5) is 0 Å². The first kappa shape index (κ1) is 20.3. The van der Waals surface area contributed by atoms with Gasteiger partial charge in [-0.3, -0.25) is 4.79 Å². The molecule has 1 fully saturated rings. The van der Waals surface area contributed by atoms with E-state index in [2.05, 4.69) is 16.8 Å². The first-order chi connectivity index (χ1) is 13.4. The summed E-state index contributed by atoms with van der Waals surface area (Å²) < 4.78 is 28.4. The molecular weight excluding hydrogens is 374 g/mol. The summed E-state index contributed by atoms with van der Waals surface area (Å²) in [7, 11) is -1.76. The lowest BCUT2D eigenvalue weighted by Crippen LogP contribution is -2.49. The van der Waals surface area contributed by atoms with Gasteiger partial charge in [-0.1, -0.05) is 42.5 Å². The number of nitrogens with zero attached hydrogens (tertiary/aromatic N) is 2. The Morgan fingerprint density at radius 2 is 1.93 bits per heavy atom. The molecule has 1 unspecified atom stereocenters. The molecule has 3 rings (SSSR count). The van der Waals surface area contributed by atoms with E-state index in [0.717, 1.165) is 5.56 Å². The Morgan fingerprint density at radius 3 is 2.64 bits per heavy atom. The molecule has 0 radical (unpaired) electrons. The predicted molar refractivity (Wildman–Crippen MR) is 110 cm³/mol. The van der Waals surface area contributed by atoms with Gasteiger partial charge in [0.15, 0.2) is 0 Å². The van der Waals surface area contributed by atoms with Crippen LogP contribution in [0.2, 0.25) is 0 Å². The Hall–Kier alpha value is -2.48. The summed E-state index contributed by atoms with van der Waals surface area (Å²) in [6.07, 6.45) is 1.58. The van der Waals surface area contributed by atoms with Crippen molar-refractivity contribution in [1.82, 2.24) is 14.5 Å². The Bertz CT molecular complexity index is 944. The second kappa shape index (κ2) is 8.68. The van der Waals surface area contributed by atoms with Crippen molar-refractivity contribution in [3.63, 3.8) is 0 Å². The van der Waals surface area contributed by atoms with Gasteiger partial charge in [0, 0.05) is 31.7 Å². The predicted octanol–water partition coefficient (Wildman–Crippen LogP) is 2.28. The third kappa shape index (κ3) is 4.32. The monoisotopic (exact) mass is 399 g/mol. The molecular formula is C21H25N3O3S. The van der Waals surface area contributed by atoms with E-state index in [1.54, 1.807) is 28.6 Å². The average molecular weight is 400 g/mol. The molecule has 0 spiro atoms. The number of hydrogen-bond donors (Lipinski definition) is 1. The highest BCUT2D eigenvalue weighted by atomic mass is 32.2. The van der Waals surface area contributed by atoms with E-state index >= 15 is 0 Å². The maximum Gasteiger partial charge on any atom is 0.251 e. The minimum atomic E-state index is -3.75. The van der Waals surface area contributed by atoms with Crippen LogP contribution in [0.15, 0.2) is 72.1 Å². The number of hydrogen-bond acceptors (Lipinski definition) is 4. The molecule has 0 aliphatic carbocycles. The molecule has 28 heavy (non-hydrogen) atoms. The van der Waals surface area contributed by atoms with Crippen molar-refractivity contribution in [3.8, 4) is 0 Å². The van der Waals surface area contributed by atoms with Gasteiger partial charge in [0.2, 0.25) is 10.0 Å². The number of piperazine rings is 1. The Balaban J connectivity index is 1.94. The highest BCUT2D eigenvalue weighted by Gasteiger charge is 2.36. The van der Waals surface area contributed by atoms with Crippen LogP contribution >= 0.6 is 0 Å². The minimum absolute atomic E-state index is 0.129. The van der Waals surface area contributed by atoms with Crippen LogP contribution in [-0.2, 0) is 10.0 Å². The summed E-state index contributed by atoms with van der Waals surface area (Å²) in [6, 6.07) is 15.6. The van der Waals surface area contributed by atoms with Crippen LogP contribution in [0.5, 0.6) is 0 Å². The third-order valence-electron chi connectivity index (χ3n) is 4.83. The van der Waals surface area contributed by atoms with Crippen molar-refractivity contribution in [2.24, 2.45) is 0 Å². The van der Waals surface area contributed by atoms with Crippen molar-refractivity contribution in [2.45, 2.75) is 10.9 Å². The molecule has 0 aromatic heterocycles. The first-order valence-corrected chi connectivity index (χ1v) is 10.6. The Labute approximate surface area is 166 Å². The number of carbonyl (C=O) groups excluding carboxylic acids is 1. The van der Waals surface area contributed by atoms with Gasteiger partial charge in [0.05, 0.1) is 10.9 Å². The SMILES string of the molecule is C=CCNC(=O)c1cccc(S(=O)(=O)N2CCN(C)CC2c2ccccc2)c1. The van der Waals surface area contributed by atoms with Gasteiger partial charge in [-0.25, -0.2) is 8.42 Å². The molecule has 148 valence electrons. The van der Waals surface area contributed by atoms with Crippen molar-refractivity contribution in [1.29, 1.82) is 0 Å². The maximum absolute atomic E-state index is 13.4. The van der Waals surface area contributed by atoms with Gasteiger partial charge < -0.3 is 10.2 Å². The van der Waals surface area contributed by atoms with Crippen LogP contribution in [0.3, 0.4) is 0 Å². The van der Waals surface area contributed by atoms with Gasteiger partial charge in [0.25, 0.3) is 5.91 Å². The molecule has 2 aromatic carbocycles. The second-order valence-corrected chi connectivity index (χ2v) is 8.72. The van der Waals surface area contributed by atoms with Gasteiger partial charge >= 0.3 is 0 Å². The molecule has 1 aliphatic rings. The van der Waals surface area contributed by atoms with Crippen LogP contribution in [0.1, 0.15) is 22.0 Å². The topological polar surface area (TPSA) is 69.7 Å². The normalized spacial score (nSPS) is 18.5. The Kier molecular flexibility index (Phi) is 6.28. The van der Waals surface area contributed by atoms with Crippen molar-refractivity contribution >= 4 is 15.9 Å². The number of rotatable bonds is 6. The number of sulfonamides is 1. The lowest BCUT2D eigenvalue weighted by Gasteiger charge is -2.39. The van der Waals surface area contributed by atoms with E-state index in [4.69, 9.17) is 0 Å². The van der Waals surface area contributed by atoms with E-state index in [-0.39, 0.29) is 16.8 Å². The fourth-order valence-electron chi connectivity index (χ4n) is 3.34. The lowest BCUT2D eigenvalue weighted by molar-refractivity contribution is 0.0958. The number of likely N-dealkylation sites (N-methyl/N-ethyl adjacent to an activating group) is 1. The number of nitrogens with one attached hydrogen (secondary N) is 1. The molecule has 1 amide bonds. The van der Waals surface area contributed by atoms with Crippen LogP contribution in [-0.4, -0.2) is 56.8 Å². The van der Waals surface area contributed by atoms with Crippen molar-refractivity contribution in [2.75, 3.05) is 33.2 Å². The standard InChI is InChI=1S/C21H25N3O3S/c1-3-12-22-21(25)18-10-7-11-19(15-18)28(26,27)24-14-13-23(2)16-20(24)17-8-5-4-6-9-17/h3-11,15,20H,1,12-14,16H2,2H3,(H,22,25). The van der Waals surface area contributed by atoms with Crippen LogP contribution < -0.4 is 5.32 Å². The molecule has 1 heterocycles. The molecule has 1 saturated heterocycles. The zero-order valence-electron chi connectivity index (χ0n) is 15.9. The molecule has 0 bridgehead atoms. The van der Waals surface area contributed by atoms with Gasteiger partial charge in [-0.15, -0.1) is 6.58 Å². The molecule has 0 saturated carbocycles. The third-order valence-corrected chi connectivity index (χ3v) is 6.73. The largest absolute Gasteiger partial charge is 0.349 e. The summed E-state index contributed by atoms with van der Waals surface area (Å²) in [6.45, 7) is 5.55. The summed E-state index contributed by atoms with van der Waals surface area (Å²) in [5.74, 6) is -0.324. The quantitative estimate of drug-likeness (QED) is 0.757. The number of carbonyl (C=O) groups is 1. The Morgan fingerprint density at radius 1 is 1.18 bits per heavy atom. The average Bonchev–Trinajstić information content (AvgIpc) is 2.72. The zero-order chi connectivity index (χ0) is 20.1. The summed E-state index contributed by atoms with van der Waals surface area (Å²) in [4.78, 5) is 14.5. The van der Waals surface area contributed by atoms with E-state index in [1.165, 1.54) is 6.07 Å². The zero-order valence-corrected chi connectivity index (χ0v) is 16.7. The van der Waals surface area contributed by atoms with Crippen molar-refractivity contribution in [3.05, 3.63) is 78.4 Å². The van der Waals surface area contributed by atoms with E-state index < -0.39 is 10.0 Å². The van der Waals surface area contributed by atoms with Crippen LogP contribution in [0, 0.1) is 0 Å². The minimum Gasteiger partial charge on any atom is -0.349 e. The molecule has 6 nitrogen and oxygen atoms in total. The van der Waals surface area contributed by atoms with E-state index in [1.807, 2.05) is 37.4 Å². The summed E-state index contributed by atoms with van der Waals surface area (Å²) in [5.41, 5.74) is 1.27. The fourth-order valence-corrected chi connectivity index (χ4v) is 4.98. The summed E-state index contributed by atoms with van der Waals surface area (Å²) in [5, 5.41) is 2.68. The number of amides is 1. The molecule has 1 atom stereocenters.